The Morgan fingerprint density at radius 1 is 0.941 bits per heavy atom. The third-order valence-electron chi connectivity index (χ3n) is 2.69. The molecule has 0 aliphatic carbocycles. The van der Waals surface area contributed by atoms with Gasteiger partial charge in [0.05, 0.1) is 0 Å². The molecule has 17 heavy (non-hydrogen) atoms. The lowest BCUT2D eigenvalue weighted by molar-refractivity contribution is 0.806. The van der Waals surface area contributed by atoms with Crippen molar-refractivity contribution in [3.63, 3.8) is 0 Å². The van der Waals surface area contributed by atoms with Crippen LogP contribution in [0.4, 0.5) is 0 Å². The van der Waals surface area contributed by atoms with Gasteiger partial charge in [0.1, 0.15) is 11.3 Å². The van der Waals surface area contributed by atoms with Crippen LogP contribution in [0.5, 0.6) is 0 Å². The van der Waals surface area contributed by atoms with Crippen LogP contribution in [0.3, 0.4) is 0 Å². The van der Waals surface area contributed by atoms with Crippen LogP contribution in [0.15, 0.2) is 36.7 Å². The summed E-state index contributed by atoms with van der Waals surface area (Å²) in [7, 11) is 0. The number of hydrogen-bond donors (Lipinski definition) is 0. The molecule has 0 amide bonds. The van der Waals surface area contributed by atoms with Gasteiger partial charge in [0.2, 0.25) is 0 Å². The Morgan fingerprint density at radius 3 is 1.82 bits per heavy atom. The summed E-state index contributed by atoms with van der Waals surface area (Å²) in [5.74, 6) is 0. The van der Waals surface area contributed by atoms with Crippen molar-refractivity contribution in [3.05, 3.63) is 36.7 Å². The van der Waals surface area contributed by atoms with Gasteiger partial charge in [0.15, 0.2) is 0 Å². The average molecular weight is 227 g/mol. The van der Waals surface area contributed by atoms with Crippen LogP contribution in [0.25, 0.3) is 22.1 Å². The second-order valence-electron chi connectivity index (χ2n) is 3.49. The van der Waals surface area contributed by atoms with Gasteiger partial charge in [0.25, 0.3) is 0 Å². The predicted molar refractivity (Wildman–Crippen MR) is 72.1 cm³/mol. The summed E-state index contributed by atoms with van der Waals surface area (Å²) >= 11 is 0. The van der Waals surface area contributed by atoms with Crippen molar-refractivity contribution in [3.8, 4) is 0 Å². The van der Waals surface area contributed by atoms with E-state index in [-0.39, 0.29) is 0 Å². The van der Waals surface area contributed by atoms with E-state index in [1.54, 1.807) is 0 Å². The Kier molecular flexibility index (Phi) is 3.38. The fourth-order valence-electron chi connectivity index (χ4n) is 2.04. The molecule has 3 nitrogen and oxygen atoms in total. The maximum absolute atomic E-state index is 4.41. The van der Waals surface area contributed by atoms with Crippen molar-refractivity contribution in [2.24, 2.45) is 0 Å². The number of hydrogen-bond acceptors (Lipinski definition) is 2. The number of fused-ring (bicyclic) bond motifs is 3. The van der Waals surface area contributed by atoms with E-state index in [1.807, 2.05) is 38.4 Å². The zero-order valence-corrected chi connectivity index (χ0v) is 10.5. The molecule has 3 aromatic heterocycles. The van der Waals surface area contributed by atoms with Crippen LogP contribution in [0.1, 0.15) is 20.8 Å². The standard InChI is InChI=1S/C12H11N3.C2H6/c1-2-15-11-9(5-3-7-13-11)10-6-4-8-14-12(10)15;1-2/h3-8H,2H2,1H3;1-2H3. The Balaban J connectivity index is 0.000000514. The first kappa shape index (κ1) is 11.6. The highest BCUT2D eigenvalue weighted by Crippen LogP contribution is 2.25. The molecule has 0 aromatic carbocycles. The third kappa shape index (κ3) is 1.78. The summed E-state index contributed by atoms with van der Waals surface area (Å²) in [6.45, 7) is 7.01. The number of aryl methyl sites for hydroxylation is 1. The Hall–Kier alpha value is -1.90. The summed E-state index contributed by atoms with van der Waals surface area (Å²) in [6.07, 6.45) is 3.65. The molecule has 0 aliphatic heterocycles. The van der Waals surface area contributed by atoms with Gasteiger partial charge in [-0.2, -0.15) is 0 Å². The van der Waals surface area contributed by atoms with E-state index in [0.29, 0.717) is 0 Å². The molecule has 3 rings (SSSR count). The molecule has 0 saturated heterocycles. The van der Waals surface area contributed by atoms with E-state index >= 15 is 0 Å². The first-order chi connectivity index (χ1) is 8.42. The Morgan fingerprint density at radius 2 is 1.41 bits per heavy atom. The van der Waals surface area contributed by atoms with Crippen molar-refractivity contribution in [2.75, 3.05) is 0 Å². The summed E-state index contributed by atoms with van der Waals surface area (Å²) in [6, 6.07) is 8.13. The van der Waals surface area contributed by atoms with Gasteiger partial charge in [-0.15, -0.1) is 0 Å². The molecule has 0 aliphatic rings. The molecule has 0 bridgehead atoms. The molecule has 0 fully saturated rings. The smallest absolute Gasteiger partial charge is 0.142 e. The molecule has 3 aromatic rings. The molecular weight excluding hydrogens is 210 g/mol. The van der Waals surface area contributed by atoms with Crippen molar-refractivity contribution in [1.29, 1.82) is 0 Å². The molecule has 3 heterocycles. The Bertz CT molecular complexity index is 572. The lowest BCUT2D eigenvalue weighted by Gasteiger charge is -1.99. The zero-order chi connectivity index (χ0) is 12.3. The quantitative estimate of drug-likeness (QED) is 0.635. The number of pyridine rings is 2. The normalized spacial score (nSPS) is 10.3. The molecule has 0 saturated carbocycles. The molecule has 88 valence electrons. The molecular formula is C14H17N3. The fourth-order valence-corrected chi connectivity index (χ4v) is 2.04. The van der Waals surface area contributed by atoms with Crippen LogP contribution >= 0.6 is 0 Å². The first-order valence-electron chi connectivity index (χ1n) is 6.09. The highest BCUT2D eigenvalue weighted by molar-refractivity contribution is 6.04. The molecule has 3 heteroatoms. The van der Waals surface area contributed by atoms with E-state index in [2.05, 4.69) is 33.6 Å². The lowest BCUT2D eigenvalue weighted by atomic mass is 10.2. The SMILES string of the molecule is CC.CCn1c2ncccc2c2cccnc21. The van der Waals surface area contributed by atoms with Crippen LogP contribution in [-0.2, 0) is 6.54 Å². The van der Waals surface area contributed by atoms with Crippen LogP contribution in [-0.4, -0.2) is 14.5 Å². The molecule has 0 radical (unpaired) electrons. The monoisotopic (exact) mass is 227 g/mol. The van der Waals surface area contributed by atoms with Crippen molar-refractivity contribution in [2.45, 2.75) is 27.3 Å². The first-order valence-corrected chi connectivity index (χ1v) is 6.09. The van der Waals surface area contributed by atoms with Crippen LogP contribution in [0.2, 0.25) is 0 Å². The number of aromatic nitrogens is 3. The fraction of sp³-hybridized carbons (Fsp3) is 0.286. The largest absolute Gasteiger partial charge is 0.310 e. The maximum atomic E-state index is 4.41. The summed E-state index contributed by atoms with van der Waals surface area (Å²) in [5.41, 5.74) is 2.04. The van der Waals surface area contributed by atoms with Crippen molar-refractivity contribution >= 4 is 22.1 Å². The van der Waals surface area contributed by atoms with Crippen LogP contribution in [0, 0.1) is 0 Å². The van der Waals surface area contributed by atoms with Gasteiger partial charge in [0, 0.05) is 29.7 Å². The lowest BCUT2D eigenvalue weighted by Crippen LogP contribution is -1.95. The van der Waals surface area contributed by atoms with Crippen molar-refractivity contribution < 1.29 is 0 Å². The highest BCUT2D eigenvalue weighted by atomic mass is 15.1. The minimum atomic E-state index is 0.897. The highest BCUT2D eigenvalue weighted by Gasteiger charge is 2.09. The second-order valence-corrected chi connectivity index (χ2v) is 3.49. The average Bonchev–Trinajstić information content (AvgIpc) is 2.75. The zero-order valence-electron chi connectivity index (χ0n) is 10.5. The van der Waals surface area contributed by atoms with Gasteiger partial charge in [-0.25, -0.2) is 9.97 Å². The predicted octanol–water partition coefficient (Wildman–Crippen LogP) is 3.63. The number of nitrogens with zero attached hydrogens (tertiary/aromatic N) is 3. The Labute approximate surface area is 101 Å². The van der Waals surface area contributed by atoms with Crippen LogP contribution < -0.4 is 0 Å². The summed E-state index contributed by atoms with van der Waals surface area (Å²) in [5, 5.41) is 2.37. The number of rotatable bonds is 1. The van der Waals surface area contributed by atoms with E-state index < -0.39 is 0 Å². The van der Waals surface area contributed by atoms with Gasteiger partial charge >= 0.3 is 0 Å². The van der Waals surface area contributed by atoms with E-state index in [0.717, 1.165) is 17.8 Å². The summed E-state index contributed by atoms with van der Waals surface area (Å²) in [4.78, 5) is 8.82. The van der Waals surface area contributed by atoms with Crippen molar-refractivity contribution in [1.82, 2.24) is 14.5 Å². The van der Waals surface area contributed by atoms with E-state index in [4.69, 9.17) is 0 Å². The summed E-state index contributed by atoms with van der Waals surface area (Å²) < 4.78 is 2.14. The van der Waals surface area contributed by atoms with Gasteiger partial charge < -0.3 is 4.57 Å². The maximum Gasteiger partial charge on any atom is 0.142 e. The molecule has 0 spiro atoms. The topological polar surface area (TPSA) is 30.7 Å². The second kappa shape index (κ2) is 4.95. The minimum Gasteiger partial charge on any atom is -0.310 e. The van der Waals surface area contributed by atoms with E-state index in [1.165, 1.54) is 10.8 Å². The third-order valence-corrected chi connectivity index (χ3v) is 2.69. The molecule has 0 unspecified atom stereocenters. The van der Waals surface area contributed by atoms with Gasteiger partial charge in [-0.1, -0.05) is 13.8 Å². The van der Waals surface area contributed by atoms with E-state index in [9.17, 15) is 0 Å². The molecule has 0 N–H and O–H groups in total. The minimum absolute atomic E-state index is 0.897. The van der Waals surface area contributed by atoms with Gasteiger partial charge in [-0.3, -0.25) is 0 Å². The molecule has 0 atom stereocenters. The van der Waals surface area contributed by atoms with Gasteiger partial charge in [-0.05, 0) is 31.2 Å².